The van der Waals surface area contributed by atoms with Gasteiger partial charge in [-0.3, -0.25) is 0 Å². The van der Waals surface area contributed by atoms with Gasteiger partial charge in [0.2, 0.25) is 5.82 Å². The fourth-order valence-electron chi connectivity index (χ4n) is 4.10. The summed E-state index contributed by atoms with van der Waals surface area (Å²) < 4.78 is 69.4. The monoisotopic (exact) mass is 536 g/mol. The second kappa shape index (κ2) is 12.6. The maximum atomic E-state index is 14.7. The smallest absolute Gasteiger partial charge is 0.346 e. The van der Waals surface area contributed by atoms with Crippen molar-refractivity contribution in [1.29, 1.82) is 0 Å². The van der Waals surface area contributed by atoms with Crippen molar-refractivity contribution in [2.24, 2.45) is 0 Å². The number of benzene rings is 4. The van der Waals surface area contributed by atoms with Crippen LogP contribution in [0.5, 0.6) is 11.5 Å². The highest BCUT2D eigenvalue weighted by Crippen LogP contribution is 2.32. The Morgan fingerprint density at radius 3 is 1.90 bits per heavy atom. The van der Waals surface area contributed by atoms with Gasteiger partial charge in [-0.05, 0) is 54.8 Å². The van der Waals surface area contributed by atoms with E-state index < -0.39 is 34.8 Å². The van der Waals surface area contributed by atoms with Gasteiger partial charge >= 0.3 is 5.97 Å². The topological polar surface area (TPSA) is 35.5 Å². The molecule has 0 heterocycles. The van der Waals surface area contributed by atoms with E-state index >= 15 is 0 Å². The molecule has 4 rings (SSSR count). The van der Waals surface area contributed by atoms with Gasteiger partial charge < -0.3 is 9.47 Å². The number of aryl methyl sites for hydroxylation is 1. The van der Waals surface area contributed by atoms with Crippen LogP contribution in [-0.4, -0.2) is 12.6 Å². The van der Waals surface area contributed by atoms with E-state index in [0.29, 0.717) is 17.7 Å². The summed E-state index contributed by atoms with van der Waals surface area (Å²) in [6.45, 7) is 4.26. The van der Waals surface area contributed by atoms with Gasteiger partial charge in [0, 0.05) is 11.1 Å². The number of carbonyl (C=O) groups excluding carboxylic acids is 1. The van der Waals surface area contributed by atoms with Crippen LogP contribution in [0.25, 0.3) is 22.3 Å². The first-order chi connectivity index (χ1) is 18.8. The van der Waals surface area contributed by atoms with Crippen molar-refractivity contribution in [3.05, 3.63) is 107 Å². The highest BCUT2D eigenvalue weighted by Gasteiger charge is 2.21. The van der Waals surface area contributed by atoms with Crippen LogP contribution in [0.2, 0.25) is 0 Å². The van der Waals surface area contributed by atoms with Gasteiger partial charge in [-0.15, -0.1) is 0 Å². The fourth-order valence-corrected chi connectivity index (χ4v) is 4.10. The summed E-state index contributed by atoms with van der Waals surface area (Å²) in [6, 6.07) is 17.7. The minimum atomic E-state index is -1.32. The maximum absolute atomic E-state index is 14.7. The standard InChI is InChI=1S/C32H28F4O3/c1-3-4-5-6-19-38-27-18-17-25(29(34)31(27)36)22-11-13-23(14-12-22)39-32(37)26-16-15-24(28(33)30(26)35)21-9-7-20(2)8-10-21/h7-18H,3-6,19H2,1-2H3. The van der Waals surface area contributed by atoms with Gasteiger partial charge in [0.1, 0.15) is 5.75 Å². The molecule has 0 aliphatic heterocycles. The zero-order valence-electron chi connectivity index (χ0n) is 21.7. The molecule has 0 aliphatic carbocycles. The molecule has 0 unspecified atom stereocenters. The summed E-state index contributed by atoms with van der Waals surface area (Å²) in [4.78, 5) is 12.6. The summed E-state index contributed by atoms with van der Waals surface area (Å²) in [5, 5.41) is 0. The van der Waals surface area contributed by atoms with Crippen LogP contribution in [0, 0.1) is 30.2 Å². The Bertz CT molecular complexity index is 1450. The van der Waals surface area contributed by atoms with Crippen LogP contribution in [0.1, 0.15) is 48.5 Å². The minimum absolute atomic E-state index is 0.00326. The Morgan fingerprint density at radius 1 is 0.667 bits per heavy atom. The number of hydrogen-bond acceptors (Lipinski definition) is 3. The molecule has 0 amide bonds. The lowest BCUT2D eigenvalue weighted by Gasteiger charge is -2.11. The van der Waals surface area contributed by atoms with Crippen LogP contribution in [0.15, 0.2) is 72.8 Å². The summed E-state index contributed by atoms with van der Waals surface area (Å²) in [5.74, 6) is -5.83. The van der Waals surface area contributed by atoms with Crippen molar-refractivity contribution in [3.63, 3.8) is 0 Å². The Morgan fingerprint density at radius 2 is 1.26 bits per heavy atom. The largest absolute Gasteiger partial charge is 0.490 e. The molecule has 0 atom stereocenters. The zero-order chi connectivity index (χ0) is 27.9. The Kier molecular flexibility index (Phi) is 9.02. The molecule has 0 aromatic heterocycles. The van der Waals surface area contributed by atoms with Crippen LogP contribution < -0.4 is 9.47 Å². The van der Waals surface area contributed by atoms with Crippen molar-refractivity contribution in [2.45, 2.75) is 39.5 Å². The number of unbranched alkanes of at least 4 members (excludes halogenated alkanes) is 3. The third kappa shape index (κ3) is 6.48. The molecule has 0 bridgehead atoms. The second-order valence-corrected chi connectivity index (χ2v) is 9.22. The predicted octanol–water partition coefficient (Wildman–Crippen LogP) is 9.06. The summed E-state index contributed by atoms with van der Waals surface area (Å²) >= 11 is 0. The first kappa shape index (κ1) is 27.9. The molecule has 0 fully saturated rings. The quantitative estimate of drug-likeness (QED) is 0.0878. The van der Waals surface area contributed by atoms with E-state index in [0.717, 1.165) is 37.3 Å². The molecule has 0 spiro atoms. The molecule has 0 radical (unpaired) electrons. The van der Waals surface area contributed by atoms with Crippen molar-refractivity contribution < 1.29 is 31.8 Å². The molecule has 0 aliphatic rings. The van der Waals surface area contributed by atoms with E-state index in [2.05, 4.69) is 6.92 Å². The highest BCUT2D eigenvalue weighted by molar-refractivity contribution is 5.92. The van der Waals surface area contributed by atoms with Crippen LogP contribution in [0.3, 0.4) is 0 Å². The normalized spacial score (nSPS) is 10.9. The number of rotatable bonds is 10. The minimum Gasteiger partial charge on any atom is -0.490 e. The average molecular weight is 537 g/mol. The molecule has 0 saturated carbocycles. The molecule has 0 saturated heterocycles. The average Bonchev–Trinajstić information content (AvgIpc) is 2.93. The molecule has 39 heavy (non-hydrogen) atoms. The predicted molar refractivity (Wildman–Crippen MR) is 143 cm³/mol. The molecule has 4 aromatic rings. The van der Waals surface area contributed by atoms with Crippen LogP contribution >= 0.6 is 0 Å². The molecule has 202 valence electrons. The SMILES string of the molecule is CCCCCCOc1ccc(-c2ccc(OC(=O)c3ccc(-c4ccc(C)cc4)c(F)c3F)cc2)c(F)c1F. The van der Waals surface area contributed by atoms with E-state index in [1.165, 1.54) is 42.5 Å². The van der Waals surface area contributed by atoms with E-state index in [1.807, 2.05) is 6.92 Å². The Balaban J connectivity index is 1.45. The molecular weight excluding hydrogens is 508 g/mol. The highest BCUT2D eigenvalue weighted by atomic mass is 19.2. The lowest BCUT2D eigenvalue weighted by atomic mass is 10.0. The number of esters is 1. The van der Waals surface area contributed by atoms with E-state index in [1.54, 1.807) is 24.3 Å². The maximum Gasteiger partial charge on any atom is 0.346 e. The summed E-state index contributed by atoms with van der Waals surface area (Å²) in [6.07, 6.45) is 3.82. The number of carbonyl (C=O) groups is 1. The van der Waals surface area contributed by atoms with E-state index in [4.69, 9.17) is 9.47 Å². The number of hydrogen-bond donors (Lipinski definition) is 0. The van der Waals surface area contributed by atoms with Gasteiger partial charge in [0.25, 0.3) is 0 Å². The van der Waals surface area contributed by atoms with Gasteiger partial charge in [0.15, 0.2) is 23.2 Å². The van der Waals surface area contributed by atoms with E-state index in [9.17, 15) is 22.4 Å². The first-order valence-corrected chi connectivity index (χ1v) is 12.8. The van der Waals surface area contributed by atoms with Gasteiger partial charge in [0.05, 0.1) is 12.2 Å². The lowest BCUT2D eigenvalue weighted by molar-refractivity contribution is 0.0728. The van der Waals surface area contributed by atoms with Crippen molar-refractivity contribution >= 4 is 5.97 Å². The van der Waals surface area contributed by atoms with Crippen molar-refractivity contribution in [1.82, 2.24) is 0 Å². The third-order valence-electron chi connectivity index (χ3n) is 6.34. The fraction of sp³-hybridized carbons (Fsp3) is 0.219. The number of halogens is 4. The van der Waals surface area contributed by atoms with Crippen molar-refractivity contribution in [3.8, 4) is 33.8 Å². The molecule has 3 nitrogen and oxygen atoms in total. The molecule has 4 aromatic carbocycles. The van der Waals surface area contributed by atoms with Crippen LogP contribution in [0.4, 0.5) is 17.6 Å². The summed E-state index contributed by atoms with van der Waals surface area (Å²) in [5.41, 5.74) is 1.24. The lowest BCUT2D eigenvalue weighted by Crippen LogP contribution is -2.12. The van der Waals surface area contributed by atoms with Crippen LogP contribution in [-0.2, 0) is 0 Å². The Labute approximate surface area is 225 Å². The zero-order valence-corrected chi connectivity index (χ0v) is 21.7. The summed E-state index contributed by atoms with van der Waals surface area (Å²) in [7, 11) is 0. The first-order valence-electron chi connectivity index (χ1n) is 12.8. The van der Waals surface area contributed by atoms with Gasteiger partial charge in [-0.2, -0.15) is 4.39 Å². The third-order valence-corrected chi connectivity index (χ3v) is 6.34. The van der Waals surface area contributed by atoms with Gasteiger partial charge in [-0.25, -0.2) is 18.0 Å². The Hall–Kier alpha value is -4.13. The van der Waals surface area contributed by atoms with Gasteiger partial charge in [-0.1, -0.05) is 74.2 Å². The second-order valence-electron chi connectivity index (χ2n) is 9.22. The van der Waals surface area contributed by atoms with Crippen molar-refractivity contribution in [2.75, 3.05) is 6.61 Å². The number of ether oxygens (including phenoxy) is 2. The molecule has 7 heteroatoms. The van der Waals surface area contributed by atoms with E-state index in [-0.39, 0.29) is 22.6 Å². The molecule has 0 N–H and O–H groups in total. The molecular formula is C32H28F4O3.